The summed E-state index contributed by atoms with van der Waals surface area (Å²) < 4.78 is 15.9. The first kappa shape index (κ1) is 42.2. The average Bonchev–Trinajstić information content (AvgIpc) is 3.16. The number of methoxy groups -OCH3 is 3. The Labute approximate surface area is 334 Å². The summed E-state index contributed by atoms with van der Waals surface area (Å²) in [6, 6.07) is 4.68. The number of fused-ring (bicyclic) bond motifs is 7. The number of allylic oxidation sites excluding steroid dienone is 2. The Bertz CT molecular complexity index is 1770. The average molecular weight is 777 g/mol. The zero-order valence-corrected chi connectivity index (χ0v) is 35.9. The molecule has 0 saturated heterocycles. The first-order valence-corrected chi connectivity index (χ1v) is 21.0. The fraction of sp³-hybridized carbons (Fsp3) is 0.739. The third-order valence-electron chi connectivity index (χ3n) is 16.8. The van der Waals surface area contributed by atoms with E-state index in [1.807, 2.05) is 25.1 Å². The van der Waals surface area contributed by atoms with Crippen LogP contribution in [-0.4, -0.2) is 73.6 Å². The SMILES string of the molecule is CCC(C(=O)NCC(=O)OC)N(Cc1ccc(OC)c(OC)c1)C(=O)[C@@]1(C)CC[C@]2(C)CC[C@]3(C)C(=CC(=O)[C@@H]4[C@@]5(C)CC[C@H](O)C(C)(C)[C@@H]5CC[C@]43C)[C@@H]2C1. The number of aliphatic hydroxyl groups is 1. The minimum atomic E-state index is -0.841. The Balaban J connectivity index is 1.37. The van der Waals surface area contributed by atoms with E-state index in [1.165, 1.54) is 12.7 Å². The maximum atomic E-state index is 15.4. The molecule has 0 aromatic heterocycles. The van der Waals surface area contributed by atoms with Gasteiger partial charge < -0.3 is 29.5 Å². The number of hydrogen-bond donors (Lipinski definition) is 2. The van der Waals surface area contributed by atoms with Gasteiger partial charge in [0.15, 0.2) is 17.3 Å². The third-order valence-corrected chi connectivity index (χ3v) is 16.8. The van der Waals surface area contributed by atoms with Crippen molar-refractivity contribution in [1.29, 1.82) is 0 Å². The molecule has 1 unspecified atom stereocenters. The maximum absolute atomic E-state index is 15.4. The number of hydrogen-bond acceptors (Lipinski definition) is 8. The fourth-order valence-corrected chi connectivity index (χ4v) is 13.1. The van der Waals surface area contributed by atoms with Crippen molar-refractivity contribution < 1.29 is 38.5 Å². The van der Waals surface area contributed by atoms with Crippen molar-refractivity contribution in [3.05, 3.63) is 35.4 Å². The maximum Gasteiger partial charge on any atom is 0.325 e. The van der Waals surface area contributed by atoms with E-state index < -0.39 is 23.3 Å². The lowest BCUT2D eigenvalue weighted by molar-refractivity contribution is -0.202. The highest BCUT2D eigenvalue weighted by atomic mass is 16.5. The van der Waals surface area contributed by atoms with Crippen LogP contribution in [0.5, 0.6) is 11.5 Å². The molecule has 4 saturated carbocycles. The van der Waals surface area contributed by atoms with E-state index in [0.29, 0.717) is 37.2 Å². The van der Waals surface area contributed by atoms with Gasteiger partial charge in [-0.05, 0) is 127 Å². The standard InChI is InChI=1S/C46H68N2O8/c1-12-31(39(52)47-26-37(51)56-11)48(27-28-13-14-33(54-9)34(23-28)55-10)40(53)43(5)20-19-42(4)21-22-45(7)29(30(42)25-43)24-32(49)38-44(6)17-16-36(50)41(2,3)35(44)15-18-46(38,45)8/h13-14,23-24,30-31,35-36,38,50H,12,15-22,25-27H2,1-11H3,(H,47,52)/t30-,31?,35-,36-,38+,42+,43-,44-,45+,46+/m0/s1. The van der Waals surface area contributed by atoms with Crippen LogP contribution < -0.4 is 14.8 Å². The van der Waals surface area contributed by atoms with E-state index in [9.17, 15) is 19.5 Å². The van der Waals surface area contributed by atoms with Crippen molar-refractivity contribution in [1.82, 2.24) is 10.2 Å². The molecular formula is C46H68N2O8. The van der Waals surface area contributed by atoms with Crippen LogP contribution in [0.2, 0.25) is 0 Å². The molecule has 4 fully saturated rings. The molecule has 5 aliphatic rings. The van der Waals surface area contributed by atoms with E-state index in [0.717, 1.165) is 44.1 Å². The number of esters is 1. The largest absolute Gasteiger partial charge is 0.493 e. The van der Waals surface area contributed by atoms with Crippen LogP contribution in [-0.2, 0) is 30.5 Å². The highest BCUT2D eigenvalue weighted by molar-refractivity contribution is 5.96. The molecule has 0 spiro atoms. The van der Waals surface area contributed by atoms with Crippen LogP contribution in [0.3, 0.4) is 0 Å². The van der Waals surface area contributed by atoms with Gasteiger partial charge >= 0.3 is 5.97 Å². The van der Waals surface area contributed by atoms with Crippen LogP contribution >= 0.6 is 0 Å². The van der Waals surface area contributed by atoms with Gasteiger partial charge in [-0.25, -0.2) is 0 Å². The monoisotopic (exact) mass is 776 g/mol. The highest BCUT2D eigenvalue weighted by Crippen LogP contribution is 2.75. The Morgan fingerprint density at radius 2 is 1.59 bits per heavy atom. The molecule has 1 aromatic rings. The van der Waals surface area contributed by atoms with E-state index in [4.69, 9.17) is 14.2 Å². The van der Waals surface area contributed by atoms with E-state index in [1.54, 1.807) is 25.2 Å². The van der Waals surface area contributed by atoms with Gasteiger partial charge in [0.25, 0.3) is 0 Å². The van der Waals surface area contributed by atoms with Crippen molar-refractivity contribution in [3.63, 3.8) is 0 Å². The summed E-state index contributed by atoms with van der Waals surface area (Å²) in [5.74, 6) is 0.393. The van der Waals surface area contributed by atoms with Crippen molar-refractivity contribution in [2.45, 2.75) is 138 Å². The van der Waals surface area contributed by atoms with Crippen molar-refractivity contribution in [2.24, 2.45) is 50.2 Å². The van der Waals surface area contributed by atoms with Gasteiger partial charge in [0.2, 0.25) is 11.8 Å². The quantitative estimate of drug-likeness (QED) is 0.235. The Kier molecular flexibility index (Phi) is 11.1. The second kappa shape index (κ2) is 14.8. The molecule has 6 rings (SSSR count). The van der Waals surface area contributed by atoms with Gasteiger partial charge in [-0.15, -0.1) is 0 Å². The number of benzene rings is 1. The normalized spacial score (nSPS) is 37.6. The lowest BCUT2D eigenvalue weighted by Crippen LogP contribution is -2.66. The Morgan fingerprint density at radius 3 is 2.23 bits per heavy atom. The first-order chi connectivity index (χ1) is 26.2. The topological polar surface area (TPSA) is 131 Å². The summed E-state index contributed by atoms with van der Waals surface area (Å²) in [5, 5.41) is 13.8. The summed E-state index contributed by atoms with van der Waals surface area (Å²) in [7, 11) is 4.41. The summed E-state index contributed by atoms with van der Waals surface area (Å²) in [6.45, 7) is 17.7. The summed E-state index contributed by atoms with van der Waals surface area (Å²) >= 11 is 0. The minimum Gasteiger partial charge on any atom is -0.493 e. The number of ether oxygens (including phenoxy) is 3. The molecule has 0 bridgehead atoms. The Morgan fingerprint density at radius 1 is 0.911 bits per heavy atom. The molecule has 1 aromatic carbocycles. The van der Waals surface area contributed by atoms with E-state index in [2.05, 4.69) is 53.8 Å². The molecule has 10 atom stereocenters. The van der Waals surface area contributed by atoms with Crippen molar-refractivity contribution in [3.8, 4) is 11.5 Å². The molecule has 10 heteroatoms. The highest BCUT2D eigenvalue weighted by Gasteiger charge is 2.70. The lowest BCUT2D eigenvalue weighted by atomic mass is 9.33. The number of nitrogens with one attached hydrogen (secondary N) is 1. The smallest absolute Gasteiger partial charge is 0.325 e. The summed E-state index contributed by atoms with van der Waals surface area (Å²) in [4.78, 5) is 57.8. The number of carbonyl (C=O) groups excluding carboxylic acids is 4. The summed E-state index contributed by atoms with van der Waals surface area (Å²) in [5.41, 5.74) is 0.195. The number of amides is 2. The second-order valence-corrected chi connectivity index (χ2v) is 20.0. The molecular weight excluding hydrogens is 709 g/mol. The molecule has 5 aliphatic carbocycles. The van der Waals surface area contributed by atoms with Crippen LogP contribution in [0, 0.1) is 50.2 Å². The van der Waals surface area contributed by atoms with Crippen LogP contribution in [0.1, 0.15) is 125 Å². The molecule has 310 valence electrons. The van der Waals surface area contributed by atoms with Crippen molar-refractivity contribution >= 4 is 23.6 Å². The van der Waals surface area contributed by atoms with Gasteiger partial charge in [-0.3, -0.25) is 19.2 Å². The predicted octanol–water partition coefficient (Wildman–Crippen LogP) is 7.44. The van der Waals surface area contributed by atoms with Gasteiger partial charge in [-0.1, -0.05) is 67.0 Å². The van der Waals surface area contributed by atoms with Gasteiger partial charge in [0.1, 0.15) is 12.6 Å². The number of nitrogens with zero attached hydrogens (tertiary/aromatic N) is 1. The summed E-state index contributed by atoms with van der Waals surface area (Å²) in [6.07, 6.45) is 9.62. The molecule has 2 N–H and O–H groups in total. The first-order valence-electron chi connectivity index (χ1n) is 21.0. The Hall–Kier alpha value is -3.40. The third kappa shape index (κ3) is 6.48. The molecule has 0 heterocycles. The van der Waals surface area contributed by atoms with Gasteiger partial charge in [-0.2, -0.15) is 0 Å². The molecule has 2 amide bonds. The number of aliphatic hydroxyl groups excluding tert-OH is 1. The molecule has 56 heavy (non-hydrogen) atoms. The molecule has 0 radical (unpaired) electrons. The van der Waals surface area contributed by atoms with E-state index in [-0.39, 0.29) is 75.7 Å². The van der Waals surface area contributed by atoms with Gasteiger partial charge in [0.05, 0.1) is 27.4 Å². The van der Waals surface area contributed by atoms with Crippen molar-refractivity contribution in [2.75, 3.05) is 27.9 Å². The number of ketones is 1. The predicted molar refractivity (Wildman–Crippen MR) is 215 cm³/mol. The molecule has 10 nitrogen and oxygen atoms in total. The van der Waals surface area contributed by atoms with E-state index >= 15 is 4.79 Å². The second-order valence-electron chi connectivity index (χ2n) is 20.0. The number of rotatable bonds is 10. The zero-order valence-electron chi connectivity index (χ0n) is 35.9. The fourth-order valence-electron chi connectivity index (χ4n) is 13.1. The zero-order chi connectivity index (χ0) is 41.2. The van der Waals surface area contributed by atoms with Crippen LogP contribution in [0.4, 0.5) is 0 Å². The minimum absolute atomic E-state index is 0.0250. The lowest BCUT2D eigenvalue weighted by Gasteiger charge is -2.70. The number of carbonyl (C=O) groups is 4. The molecule has 0 aliphatic heterocycles. The van der Waals surface area contributed by atoms with Gasteiger partial charge in [0, 0.05) is 17.9 Å². The van der Waals surface area contributed by atoms with Crippen LogP contribution in [0.15, 0.2) is 29.8 Å². The van der Waals surface area contributed by atoms with Crippen LogP contribution in [0.25, 0.3) is 0 Å².